The average Bonchev–Trinajstić information content (AvgIpc) is 2.90. The molecule has 1 aliphatic heterocycles. The fraction of sp³-hybridized carbons (Fsp3) is 0.308. The zero-order valence-electron chi connectivity index (χ0n) is 12.0. The van der Waals surface area contributed by atoms with E-state index in [1.165, 1.54) is 6.20 Å². The van der Waals surface area contributed by atoms with Crippen molar-refractivity contribution in [3.63, 3.8) is 0 Å². The van der Waals surface area contributed by atoms with Crippen LogP contribution in [0.15, 0.2) is 12.3 Å². The maximum atomic E-state index is 12.0. The van der Waals surface area contributed by atoms with Gasteiger partial charge in [0.05, 0.1) is 24.0 Å². The predicted octanol–water partition coefficient (Wildman–Crippen LogP) is -0.187. The van der Waals surface area contributed by atoms with Crippen molar-refractivity contribution in [1.82, 2.24) is 25.4 Å². The lowest BCUT2D eigenvalue weighted by atomic mass is 10.2. The zero-order valence-corrected chi connectivity index (χ0v) is 12.0. The second-order valence-corrected chi connectivity index (χ2v) is 5.07. The second kappa shape index (κ2) is 5.10. The van der Waals surface area contributed by atoms with E-state index in [0.717, 1.165) is 16.7 Å². The molecule has 1 unspecified atom stereocenters. The summed E-state index contributed by atoms with van der Waals surface area (Å²) in [7, 11) is 1.79. The molecule has 1 saturated heterocycles. The topological polar surface area (TPSA) is 118 Å². The van der Waals surface area contributed by atoms with Crippen molar-refractivity contribution in [2.24, 2.45) is 7.05 Å². The summed E-state index contributed by atoms with van der Waals surface area (Å²) in [5.41, 5.74) is 2.04. The number of carbonyl (C=O) groups is 3. The monoisotopic (exact) mass is 302 g/mol. The number of aryl methyl sites for hydroxylation is 2. The summed E-state index contributed by atoms with van der Waals surface area (Å²) in [5.74, 6) is -0.887. The Morgan fingerprint density at radius 3 is 2.91 bits per heavy atom. The highest BCUT2D eigenvalue weighted by molar-refractivity contribution is 6.07. The molecular weight excluding hydrogens is 288 g/mol. The number of imide groups is 1. The molecule has 0 radical (unpaired) electrons. The Kier molecular flexibility index (Phi) is 3.24. The van der Waals surface area contributed by atoms with Crippen LogP contribution in [0, 0.1) is 6.92 Å². The van der Waals surface area contributed by atoms with E-state index in [0.29, 0.717) is 5.69 Å². The van der Waals surface area contributed by atoms with E-state index in [4.69, 9.17) is 0 Å². The standard InChI is InChI=1S/C13H14N6O3/c1-6-8-3-7(5-14-11(8)19(2)18-6)15-10(20)4-9-12(21)17-13(22)16-9/h3,5,9H,4H2,1-2H3,(H,15,20)(H2,16,17,21,22). The lowest BCUT2D eigenvalue weighted by Gasteiger charge is -2.08. The van der Waals surface area contributed by atoms with Crippen LogP contribution in [0.1, 0.15) is 12.1 Å². The van der Waals surface area contributed by atoms with Gasteiger partial charge >= 0.3 is 6.03 Å². The van der Waals surface area contributed by atoms with E-state index in [-0.39, 0.29) is 12.3 Å². The minimum atomic E-state index is -0.843. The smallest absolute Gasteiger partial charge is 0.322 e. The zero-order chi connectivity index (χ0) is 15.9. The van der Waals surface area contributed by atoms with Crippen LogP contribution in [0.3, 0.4) is 0 Å². The van der Waals surface area contributed by atoms with Crippen molar-refractivity contribution < 1.29 is 14.4 Å². The van der Waals surface area contributed by atoms with Crippen molar-refractivity contribution in [2.45, 2.75) is 19.4 Å². The van der Waals surface area contributed by atoms with E-state index in [2.05, 4.69) is 26.0 Å². The Balaban J connectivity index is 1.73. The Hall–Kier alpha value is -2.97. The number of anilines is 1. The highest BCUT2D eigenvalue weighted by atomic mass is 16.2. The lowest BCUT2D eigenvalue weighted by molar-refractivity contribution is -0.124. The van der Waals surface area contributed by atoms with Crippen molar-refractivity contribution in [1.29, 1.82) is 0 Å². The van der Waals surface area contributed by atoms with Gasteiger partial charge in [0.1, 0.15) is 6.04 Å². The molecule has 1 fully saturated rings. The third-order valence-electron chi connectivity index (χ3n) is 3.39. The maximum Gasteiger partial charge on any atom is 0.322 e. The molecule has 0 aliphatic carbocycles. The summed E-state index contributed by atoms with van der Waals surface area (Å²) in [6, 6.07) is 0.344. The Labute approximate surface area is 125 Å². The second-order valence-electron chi connectivity index (χ2n) is 5.07. The number of rotatable bonds is 3. The van der Waals surface area contributed by atoms with Crippen LogP contribution in [0.25, 0.3) is 11.0 Å². The Bertz CT molecular complexity index is 796. The Morgan fingerprint density at radius 1 is 1.45 bits per heavy atom. The molecule has 2 aromatic rings. The number of nitrogens with zero attached hydrogens (tertiary/aromatic N) is 3. The quantitative estimate of drug-likeness (QED) is 0.679. The molecule has 0 spiro atoms. The molecule has 9 heteroatoms. The first-order valence-electron chi connectivity index (χ1n) is 6.64. The highest BCUT2D eigenvalue weighted by Gasteiger charge is 2.31. The molecule has 1 atom stereocenters. The fourth-order valence-electron chi connectivity index (χ4n) is 2.38. The maximum absolute atomic E-state index is 12.0. The molecule has 0 aromatic carbocycles. The molecule has 1 aliphatic rings. The van der Waals surface area contributed by atoms with Crippen molar-refractivity contribution in [2.75, 3.05) is 5.32 Å². The van der Waals surface area contributed by atoms with Crippen LogP contribution in [0.5, 0.6) is 0 Å². The fourth-order valence-corrected chi connectivity index (χ4v) is 2.38. The van der Waals surface area contributed by atoms with Crippen LogP contribution >= 0.6 is 0 Å². The molecule has 114 valence electrons. The third-order valence-corrected chi connectivity index (χ3v) is 3.39. The molecular formula is C13H14N6O3. The lowest BCUT2D eigenvalue weighted by Crippen LogP contribution is -2.33. The number of amides is 4. The van der Waals surface area contributed by atoms with E-state index in [9.17, 15) is 14.4 Å². The van der Waals surface area contributed by atoms with Gasteiger partial charge in [0.2, 0.25) is 5.91 Å². The largest absolute Gasteiger partial charge is 0.325 e. The minimum Gasteiger partial charge on any atom is -0.325 e. The van der Waals surface area contributed by atoms with Crippen LogP contribution in [-0.2, 0) is 16.6 Å². The number of hydrogen-bond donors (Lipinski definition) is 3. The molecule has 4 amide bonds. The molecule has 3 N–H and O–H groups in total. The molecule has 0 saturated carbocycles. The van der Waals surface area contributed by atoms with Gasteiger partial charge in [0.25, 0.3) is 5.91 Å². The van der Waals surface area contributed by atoms with Gasteiger partial charge in [-0.3, -0.25) is 19.6 Å². The number of carbonyl (C=O) groups excluding carboxylic acids is 3. The van der Waals surface area contributed by atoms with Gasteiger partial charge in [0.15, 0.2) is 5.65 Å². The molecule has 3 rings (SSSR count). The summed E-state index contributed by atoms with van der Waals surface area (Å²) in [4.78, 5) is 38.6. The van der Waals surface area contributed by atoms with Gasteiger partial charge in [-0.25, -0.2) is 9.78 Å². The van der Waals surface area contributed by atoms with Gasteiger partial charge in [0, 0.05) is 12.4 Å². The summed E-state index contributed by atoms with van der Waals surface area (Å²) in [5, 5.41) is 12.2. The van der Waals surface area contributed by atoms with Crippen LogP contribution in [0.2, 0.25) is 0 Å². The number of urea groups is 1. The summed E-state index contributed by atoms with van der Waals surface area (Å²) in [6.07, 6.45) is 1.39. The minimum absolute atomic E-state index is 0.137. The van der Waals surface area contributed by atoms with Gasteiger partial charge in [-0.15, -0.1) is 0 Å². The SMILES string of the molecule is Cc1nn(C)c2ncc(NC(=O)CC3NC(=O)NC3=O)cc12. The normalized spacial score (nSPS) is 17.5. The van der Waals surface area contributed by atoms with E-state index < -0.39 is 18.0 Å². The van der Waals surface area contributed by atoms with Gasteiger partial charge in [-0.2, -0.15) is 5.10 Å². The highest BCUT2D eigenvalue weighted by Crippen LogP contribution is 2.19. The summed E-state index contributed by atoms with van der Waals surface area (Å²) >= 11 is 0. The van der Waals surface area contributed by atoms with E-state index >= 15 is 0 Å². The molecule has 3 heterocycles. The first-order chi connectivity index (χ1) is 10.4. The van der Waals surface area contributed by atoms with E-state index in [1.807, 2.05) is 6.92 Å². The first kappa shape index (κ1) is 14.0. The number of hydrogen-bond acceptors (Lipinski definition) is 5. The van der Waals surface area contributed by atoms with Crippen molar-refractivity contribution in [3.8, 4) is 0 Å². The summed E-state index contributed by atoms with van der Waals surface area (Å²) < 4.78 is 1.66. The summed E-state index contributed by atoms with van der Waals surface area (Å²) in [6.45, 7) is 1.86. The number of pyridine rings is 1. The Morgan fingerprint density at radius 2 is 2.23 bits per heavy atom. The number of aromatic nitrogens is 3. The number of nitrogens with one attached hydrogen (secondary N) is 3. The molecule has 2 aromatic heterocycles. The van der Waals surface area contributed by atoms with E-state index in [1.54, 1.807) is 17.8 Å². The van der Waals surface area contributed by atoms with Crippen LogP contribution in [0.4, 0.5) is 10.5 Å². The van der Waals surface area contributed by atoms with Crippen LogP contribution in [-0.4, -0.2) is 38.7 Å². The molecule has 0 bridgehead atoms. The average molecular weight is 302 g/mol. The van der Waals surface area contributed by atoms with Crippen molar-refractivity contribution >= 4 is 34.6 Å². The predicted molar refractivity (Wildman–Crippen MR) is 77.0 cm³/mol. The first-order valence-corrected chi connectivity index (χ1v) is 6.64. The third kappa shape index (κ3) is 2.48. The van der Waals surface area contributed by atoms with Gasteiger partial charge in [-0.05, 0) is 13.0 Å². The van der Waals surface area contributed by atoms with Crippen molar-refractivity contribution in [3.05, 3.63) is 18.0 Å². The van der Waals surface area contributed by atoms with Gasteiger partial charge in [-0.1, -0.05) is 0 Å². The van der Waals surface area contributed by atoms with Gasteiger partial charge < -0.3 is 10.6 Å². The molecule has 22 heavy (non-hydrogen) atoms. The van der Waals surface area contributed by atoms with Crippen LogP contribution < -0.4 is 16.0 Å². The number of fused-ring (bicyclic) bond motifs is 1. The molecule has 9 nitrogen and oxygen atoms in total.